The number of thiophene rings is 1. The summed E-state index contributed by atoms with van der Waals surface area (Å²) >= 11 is 1.79. The van der Waals surface area contributed by atoms with E-state index in [0.717, 1.165) is 44.2 Å². The SMILES string of the molecule is CN=C(NCC(c1ccc(F)cc1)N(C)C)N1CCN(c2cccs2)CC1.I. The molecule has 5 nitrogen and oxygen atoms in total. The van der Waals surface area contributed by atoms with Crippen LogP contribution in [-0.4, -0.2) is 69.6 Å². The van der Waals surface area contributed by atoms with Crippen molar-refractivity contribution in [3.8, 4) is 0 Å². The third kappa shape index (κ3) is 5.81. The van der Waals surface area contributed by atoms with E-state index in [1.807, 2.05) is 33.3 Å². The van der Waals surface area contributed by atoms with E-state index in [1.54, 1.807) is 11.3 Å². The Morgan fingerprint density at radius 2 is 1.86 bits per heavy atom. The van der Waals surface area contributed by atoms with Gasteiger partial charge in [0.1, 0.15) is 5.82 Å². The second kappa shape index (κ2) is 11.0. The number of likely N-dealkylation sites (N-methyl/N-ethyl adjacent to an activating group) is 1. The van der Waals surface area contributed by atoms with Crippen molar-refractivity contribution in [1.82, 2.24) is 15.1 Å². The van der Waals surface area contributed by atoms with Crippen LogP contribution in [0.15, 0.2) is 46.8 Å². The van der Waals surface area contributed by atoms with Gasteiger partial charge in [-0.2, -0.15) is 0 Å². The molecule has 3 rings (SSSR count). The summed E-state index contributed by atoms with van der Waals surface area (Å²) in [7, 11) is 5.91. The fraction of sp³-hybridized carbons (Fsp3) is 0.450. The van der Waals surface area contributed by atoms with Gasteiger partial charge in [0.25, 0.3) is 0 Å². The number of hydrogen-bond acceptors (Lipinski definition) is 4. The Kier molecular flexibility index (Phi) is 8.97. The number of piperazine rings is 1. The van der Waals surface area contributed by atoms with Crippen LogP contribution < -0.4 is 10.2 Å². The molecule has 1 aliphatic rings. The molecule has 8 heteroatoms. The number of nitrogens with one attached hydrogen (secondary N) is 1. The summed E-state index contributed by atoms with van der Waals surface area (Å²) in [5.74, 6) is 0.721. The van der Waals surface area contributed by atoms with Crippen molar-refractivity contribution in [3.05, 3.63) is 53.2 Å². The molecule has 1 fully saturated rings. The monoisotopic (exact) mass is 517 g/mol. The predicted octanol–water partition coefficient (Wildman–Crippen LogP) is 3.51. The molecule has 1 aliphatic heterocycles. The van der Waals surface area contributed by atoms with Crippen LogP contribution in [0.3, 0.4) is 0 Å². The highest BCUT2D eigenvalue weighted by molar-refractivity contribution is 14.0. The van der Waals surface area contributed by atoms with Gasteiger partial charge in [-0.3, -0.25) is 4.99 Å². The second-order valence-corrected chi connectivity index (χ2v) is 7.81. The van der Waals surface area contributed by atoms with Gasteiger partial charge in [-0.15, -0.1) is 35.3 Å². The van der Waals surface area contributed by atoms with Crippen LogP contribution in [0.25, 0.3) is 0 Å². The zero-order valence-corrected chi connectivity index (χ0v) is 19.8. The maximum atomic E-state index is 13.2. The van der Waals surface area contributed by atoms with Crippen molar-refractivity contribution in [2.45, 2.75) is 6.04 Å². The van der Waals surface area contributed by atoms with Crippen LogP contribution in [0.5, 0.6) is 0 Å². The summed E-state index contributed by atoms with van der Waals surface area (Å²) in [6.45, 7) is 4.60. The summed E-state index contributed by atoms with van der Waals surface area (Å²) in [5, 5.41) is 6.97. The Morgan fingerprint density at radius 3 is 2.39 bits per heavy atom. The highest BCUT2D eigenvalue weighted by Gasteiger charge is 2.22. The fourth-order valence-electron chi connectivity index (χ4n) is 3.39. The lowest BCUT2D eigenvalue weighted by Crippen LogP contribution is -2.53. The predicted molar refractivity (Wildman–Crippen MR) is 128 cm³/mol. The molecule has 1 unspecified atom stereocenters. The normalized spacial score (nSPS) is 16.1. The Labute approximate surface area is 188 Å². The maximum Gasteiger partial charge on any atom is 0.193 e. The van der Waals surface area contributed by atoms with Gasteiger partial charge >= 0.3 is 0 Å². The van der Waals surface area contributed by atoms with Crippen molar-refractivity contribution in [1.29, 1.82) is 0 Å². The Morgan fingerprint density at radius 1 is 1.18 bits per heavy atom. The first-order chi connectivity index (χ1) is 13.1. The molecule has 1 N–H and O–H groups in total. The molecule has 1 saturated heterocycles. The van der Waals surface area contributed by atoms with Gasteiger partial charge in [-0.05, 0) is 49.3 Å². The number of guanidine groups is 1. The second-order valence-electron chi connectivity index (χ2n) is 6.88. The van der Waals surface area contributed by atoms with Gasteiger partial charge in [0, 0.05) is 39.8 Å². The van der Waals surface area contributed by atoms with E-state index in [9.17, 15) is 4.39 Å². The number of rotatable bonds is 5. The Bertz CT molecular complexity index is 728. The topological polar surface area (TPSA) is 34.1 Å². The molecule has 1 atom stereocenters. The average molecular weight is 517 g/mol. The zero-order chi connectivity index (χ0) is 19.2. The number of aliphatic imine (C=N–C) groups is 1. The highest BCUT2D eigenvalue weighted by Crippen LogP contribution is 2.22. The molecule has 0 radical (unpaired) electrons. The van der Waals surface area contributed by atoms with Crippen molar-refractivity contribution in [2.75, 3.05) is 58.8 Å². The quantitative estimate of drug-likeness (QED) is 0.374. The van der Waals surface area contributed by atoms with Crippen LogP contribution in [-0.2, 0) is 0 Å². The van der Waals surface area contributed by atoms with Crippen LogP contribution in [0.4, 0.5) is 9.39 Å². The Balaban J connectivity index is 0.00000280. The molecule has 1 aromatic heterocycles. The molecule has 0 spiro atoms. The summed E-state index contributed by atoms with van der Waals surface area (Å²) in [4.78, 5) is 11.3. The zero-order valence-electron chi connectivity index (χ0n) is 16.6. The van der Waals surface area contributed by atoms with Gasteiger partial charge in [-0.25, -0.2) is 4.39 Å². The van der Waals surface area contributed by atoms with E-state index >= 15 is 0 Å². The summed E-state index contributed by atoms with van der Waals surface area (Å²) in [6, 6.07) is 11.2. The van der Waals surface area contributed by atoms with Crippen molar-refractivity contribution in [2.24, 2.45) is 4.99 Å². The molecular formula is C20H29FIN5S. The number of halogens is 2. The number of hydrogen-bond donors (Lipinski definition) is 1. The molecule has 2 heterocycles. The van der Waals surface area contributed by atoms with Crippen molar-refractivity contribution >= 4 is 46.3 Å². The molecule has 0 saturated carbocycles. The maximum absolute atomic E-state index is 13.2. The molecule has 0 bridgehead atoms. The minimum Gasteiger partial charge on any atom is -0.360 e. The first-order valence-corrected chi connectivity index (χ1v) is 10.1. The van der Waals surface area contributed by atoms with E-state index in [-0.39, 0.29) is 35.8 Å². The molecule has 28 heavy (non-hydrogen) atoms. The minimum atomic E-state index is -0.205. The molecule has 154 valence electrons. The smallest absolute Gasteiger partial charge is 0.193 e. The van der Waals surface area contributed by atoms with E-state index in [1.165, 1.54) is 17.1 Å². The first-order valence-electron chi connectivity index (χ1n) is 9.24. The van der Waals surface area contributed by atoms with Gasteiger partial charge in [-0.1, -0.05) is 12.1 Å². The first kappa shape index (κ1) is 22.9. The van der Waals surface area contributed by atoms with Crippen LogP contribution in [0, 0.1) is 5.82 Å². The Hall–Kier alpha value is -1.39. The lowest BCUT2D eigenvalue weighted by Gasteiger charge is -2.37. The molecule has 0 aliphatic carbocycles. The highest BCUT2D eigenvalue weighted by atomic mass is 127. The third-order valence-electron chi connectivity index (χ3n) is 4.94. The minimum absolute atomic E-state index is 0. The summed E-state index contributed by atoms with van der Waals surface area (Å²) < 4.78 is 13.2. The third-order valence-corrected chi connectivity index (χ3v) is 5.87. The van der Waals surface area contributed by atoms with Crippen molar-refractivity contribution in [3.63, 3.8) is 0 Å². The molecule has 1 aromatic carbocycles. The lowest BCUT2D eigenvalue weighted by molar-refractivity contribution is 0.292. The van der Waals surface area contributed by atoms with Gasteiger partial charge < -0.3 is 20.0 Å². The van der Waals surface area contributed by atoms with Crippen molar-refractivity contribution < 1.29 is 4.39 Å². The number of nitrogens with zero attached hydrogens (tertiary/aromatic N) is 4. The number of benzene rings is 1. The van der Waals surface area contributed by atoms with E-state index < -0.39 is 0 Å². The van der Waals surface area contributed by atoms with Gasteiger partial charge in [0.05, 0.1) is 11.0 Å². The summed E-state index contributed by atoms with van der Waals surface area (Å²) in [5.41, 5.74) is 1.09. The summed E-state index contributed by atoms with van der Waals surface area (Å²) in [6.07, 6.45) is 0. The largest absolute Gasteiger partial charge is 0.360 e. The van der Waals surface area contributed by atoms with E-state index in [0.29, 0.717) is 0 Å². The number of anilines is 1. The van der Waals surface area contributed by atoms with Crippen LogP contribution in [0.2, 0.25) is 0 Å². The van der Waals surface area contributed by atoms with E-state index in [4.69, 9.17) is 0 Å². The van der Waals surface area contributed by atoms with Gasteiger partial charge in [0.15, 0.2) is 5.96 Å². The standard InChI is InChI=1S/C20H28FN5S.HI/c1-22-20(26-12-10-25(11-13-26)19-5-4-14-27-19)23-15-18(24(2)3)16-6-8-17(21)9-7-16;/h4-9,14,18H,10-13,15H2,1-3H3,(H,22,23);1H. The molecule has 0 amide bonds. The van der Waals surface area contributed by atoms with E-state index in [2.05, 4.69) is 42.5 Å². The van der Waals surface area contributed by atoms with Crippen LogP contribution >= 0.6 is 35.3 Å². The lowest BCUT2D eigenvalue weighted by atomic mass is 10.1. The fourth-order valence-corrected chi connectivity index (χ4v) is 4.18. The average Bonchev–Trinajstić information content (AvgIpc) is 3.21. The molecule has 2 aromatic rings. The van der Waals surface area contributed by atoms with Gasteiger partial charge in [0.2, 0.25) is 0 Å². The van der Waals surface area contributed by atoms with Crippen LogP contribution in [0.1, 0.15) is 11.6 Å². The molecular weight excluding hydrogens is 488 g/mol.